The third-order valence-corrected chi connectivity index (χ3v) is 3.72. The van der Waals surface area contributed by atoms with Gasteiger partial charge >= 0.3 is 5.97 Å². The SMILES string of the molecule is CC(C)n1cc(CN2CCCCCC2C(=O)O)cn1. The molecule has 0 aliphatic carbocycles. The van der Waals surface area contributed by atoms with Crippen molar-refractivity contribution < 1.29 is 9.90 Å². The van der Waals surface area contributed by atoms with E-state index in [4.69, 9.17) is 0 Å². The number of hydrogen-bond acceptors (Lipinski definition) is 3. The van der Waals surface area contributed by atoms with Crippen LogP contribution in [0.5, 0.6) is 0 Å². The molecule has 0 radical (unpaired) electrons. The van der Waals surface area contributed by atoms with Gasteiger partial charge in [-0.25, -0.2) is 0 Å². The summed E-state index contributed by atoms with van der Waals surface area (Å²) in [5.41, 5.74) is 1.10. The lowest BCUT2D eigenvalue weighted by atomic mass is 10.1. The molecule has 1 fully saturated rings. The Morgan fingerprint density at radius 1 is 1.47 bits per heavy atom. The number of carboxylic acids is 1. The van der Waals surface area contributed by atoms with Crippen LogP contribution in [0.3, 0.4) is 0 Å². The zero-order valence-corrected chi connectivity index (χ0v) is 11.7. The van der Waals surface area contributed by atoms with E-state index in [0.29, 0.717) is 12.6 Å². The largest absolute Gasteiger partial charge is 0.480 e. The summed E-state index contributed by atoms with van der Waals surface area (Å²) in [6.07, 6.45) is 7.86. The number of carboxylic acid groups (broad SMARTS) is 1. The smallest absolute Gasteiger partial charge is 0.320 e. The lowest BCUT2D eigenvalue weighted by Crippen LogP contribution is -2.40. The summed E-state index contributed by atoms with van der Waals surface area (Å²) < 4.78 is 1.92. The lowest BCUT2D eigenvalue weighted by Gasteiger charge is -2.25. The van der Waals surface area contributed by atoms with Gasteiger partial charge in [0.25, 0.3) is 0 Å². The highest BCUT2D eigenvalue weighted by Crippen LogP contribution is 2.19. The van der Waals surface area contributed by atoms with E-state index in [0.717, 1.165) is 37.8 Å². The first-order chi connectivity index (χ1) is 9.08. The topological polar surface area (TPSA) is 58.4 Å². The van der Waals surface area contributed by atoms with Gasteiger partial charge in [0, 0.05) is 24.3 Å². The molecular weight excluding hydrogens is 242 g/mol. The van der Waals surface area contributed by atoms with Crippen LogP contribution in [0.25, 0.3) is 0 Å². The molecule has 2 rings (SSSR count). The Morgan fingerprint density at radius 2 is 2.26 bits per heavy atom. The van der Waals surface area contributed by atoms with Gasteiger partial charge in [-0.15, -0.1) is 0 Å². The van der Waals surface area contributed by atoms with Crippen molar-refractivity contribution in [1.29, 1.82) is 0 Å². The highest BCUT2D eigenvalue weighted by Gasteiger charge is 2.27. The number of rotatable bonds is 4. The maximum Gasteiger partial charge on any atom is 0.320 e. The van der Waals surface area contributed by atoms with E-state index in [1.165, 1.54) is 0 Å². The van der Waals surface area contributed by atoms with Crippen molar-refractivity contribution in [2.24, 2.45) is 0 Å². The van der Waals surface area contributed by atoms with E-state index in [1.54, 1.807) is 0 Å². The van der Waals surface area contributed by atoms with Gasteiger partial charge < -0.3 is 5.11 Å². The molecule has 19 heavy (non-hydrogen) atoms. The predicted octanol–water partition coefficient (Wildman–Crippen LogP) is 2.29. The number of aliphatic carboxylic acids is 1. The molecule has 0 amide bonds. The zero-order chi connectivity index (χ0) is 13.8. The van der Waals surface area contributed by atoms with Gasteiger partial charge in [-0.05, 0) is 33.2 Å². The molecule has 2 heterocycles. The Balaban J connectivity index is 2.07. The van der Waals surface area contributed by atoms with Gasteiger partial charge in [-0.1, -0.05) is 12.8 Å². The first kappa shape index (κ1) is 14.1. The summed E-state index contributed by atoms with van der Waals surface area (Å²) in [5.74, 6) is -0.696. The van der Waals surface area contributed by atoms with Crippen LogP contribution >= 0.6 is 0 Å². The summed E-state index contributed by atoms with van der Waals surface area (Å²) in [7, 11) is 0. The second-order valence-corrected chi connectivity index (χ2v) is 5.60. The molecule has 0 bridgehead atoms. The second kappa shape index (κ2) is 6.19. The summed E-state index contributed by atoms with van der Waals surface area (Å²) in [4.78, 5) is 13.4. The van der Waals surface area contributed by atoms with Gasteiger partial charge in [-0.2, -0.15) is 5.10 Å². The van der Waals surface area contributed by atoms with Gasteiger partial charge in [0.15, 0.2) is 0 Å². The molecule has 1 aromatic heterocycles. The Bertz CT molecular complexity index is 428. The average molecular weight is 265 g/mol. The lowest BCUT2D eigenvalue weighted by molar-refractivity contribution is -0.143. The molecule has 1 unspecified atom stereocenters. The molecule has 106 valence electrons. The number of aromatic nitrogens is 2. The summed E-state index contributed by atoms with van der Waals surface area (Å²) in [6.45, 7) is 5.72. The number of carbonyl (C=O) groups is 1. The van der Waals surface area contributed by atoms with E-state index >= 15 is 0 Å². The Labute approximate surface area is 114 Å². The van der Waals surface area contributed by atoms with E-state index in [9.17, 15) is 9.90 Å². The fourth-order valence-electron chi connectivity index (χ4n) is 2.61. The van der Waals surface area contributed by atoms with Crippen molar-refractivity contribution in [3.63, 3.8) is 0 Å². The van der Waals surface area contributed by atoms with Crippen LogP contribution in [0.2, 0.25) is 0 Å². The average Bonchev–Trinajstić information content (AvgIpc) is 2.68. The summed E-state index contributed by atoms with van der Waals surface area (Å²) in [5, 5.41) is 13.7. The minimum Gasteiger partial charge on any atom is -0.480 e. The Hall–Kier alpha value is -1.36. The van der Waals surface area contributed by atoms with Gasteiger partial charge in [-0.3, -0.25) is 14.4 Å². The van der Waals surface area contributed by atoms with Gasteiger partial charge in [0.1, 0.15) is 6.04 Å². The van der Waals surface area contributed by atoms with Crippen LogP contribution in [-0.2, 0) is 11.3 Å². The van der Waals surface area contributed by atoms with E-state index in [1.807, 2.05) is 17.1 Å². The third kappa shape index (κ3) is 3.56. The first-order valence-corrected chi connectivity index (χ1v) is 7.08. The molecule has 0 aromatic carbocycles. The van der Waals surface area contributed by atoms with Gasteiger partial charge in [0.2, 0.25) is 0 Å². The molecule has 5 heteroatoms. The standard InChI is InChI=1S/C14H23N3O2/c1-11(2)17-10-12(8-15-17)9-16-7-5-3-4-6-13(16)14(18)19/h8,10-11,13H,3-7,9H2,1-2H3,(H,18,19). The summed E-state index contributed by atoms with van der Waals surface area (Å²) in [6, 6.07) is -0.00180. The highest BCUT2D eigenvalue weighted by atomic mass is 16.4. The Morgan fingerprint density at radius 3 is 2.89 bits per heavy atom. The van der Waals surface area contributed by atoms with Crippen LogP contribution in [0.15, 0.2) is 12.4 Å². The molecule has 1 aliphatic heterocycles. The fraction of sp³-hybridized carbons (Fsp3) is 0.714. The van der Waals surface area contributed by atoms with Crippen LogP contribution in [-0.4, -0.2) is 38.3 Å². The molecule has 1 atom stereocenters. The van der Waals surface area contributed by atoms with Crippen molar-refractivity contribution in [2.45, 2.75) is 58.2 Å². The number of likely N-dealkylation sites (tertiary alicyclic amines) is 1. The molecule has 1 N–H and O–H groups in total. The van der Waals surface area contributed by atoms with Crippen molar-refractivity contribution >= 4 is 5.97 Å². The minimum atomic E-state index is -0.696. The molecule has 1 aromatic rings. The van der Waals surface area contributed by atoms with Crippen molar-refractivity contribution in [3.05, 3.63) is 18.0 Å². The van der Waals surface area contributed by atoms with Gasteiger partial charge in [0.05, 0.1) is 6.20 Å². The van der Waals surface area contributed by atoms with Crippen LogP contribution in [0, 0.1) is 0 Å². The molecule has 1 saturated heterocycles. The molecule has 0 spiro atoms. The van der Waals surface area contributed by atoms with Crippen molar-refractivity contribution in [1.82, 2.24) is 14.7 Å². The molecule has 1 aliphatic rings. The predicted molar refractivity (Wildman–Crippen MR) is 72.9 cm³/mol. The minimum absolute atomic E-state index is 0.341. The number of nitrogens with zero attached hydrogens (tertiary/aromatic N) is 3. The highest BCUT2D eigenvalue weighted by molar-refractivity contribution is 5.73. The van der Waals surface area contributed by atoms with Crippen LogP contribution in [0.1, 0.15) is 51.1 Å². The van der Waals surface area contributed by atoms with E-state index in [-0.39, 0.29) is 6.04 Å². The number of hydrogen-bond donors (Lipinski definition) is 1. The zero-order valence-electron chi connectivity index (χ0n) is 11.7. The van der Waals surface area contributed by atoms with Crippen molar-refractivity contribution in [2.75, 3.05) is 6.54 Å². The normalized spacial score (nSPS) is 21.5. The third-order valence-electron chi connectivity index (χ3n) is 3.72. The molecular formula is C14H23N3O2. The van der Waals surface area contributed by atoms with Crippen LogP contribution in [0.4, 0.5) is 0 Å². The maximum absolute atomic E-state index is 11.4. The quantitative estimate of drug-likeness (QED) is 0.907. The van der Waals surface area contributed by atoms with E-state index < -0.39 is 5.97 Å². The van der Waals surface area contributed by atoms with Crippen LogP contribution < -0.4 is 0 Å². The molecule has 5 nitrogen and oxygen atoms in total. The monoisotopic (exact) mass is 265 g/mol. The Kier molecular flexibility index (Phi) is 4.58. The maximum atomic E-state index is 11.4. The second-order valence-electron chi connectivity index (χ2n) is 5.60. The van der Waals surface area contributed by atoms with Crippen molar-refractivity contribution in [3.8, 4) is 0 Å². The summed E-state index contributed by atoms with van der Waals surface area (Å²) >= 11 is 0. The van der Waals surface area contributed by atoms with E-state index in [2.05, 4.69) is 23.8 Å². The first-order valence-electron chi connectivity index (χ1n) is 7.08. The fourth-order valence-corrected chi connectivity index (χ4v) is 2.61. The molecule has 0 saturated carbocycles.